The first-order chi connectivity index (χ1) is 5.86. The predicted molar refractivity (Wildman–Crippen MR) is 46.4 cm³/mol. The van der Waals surface area contributed by atoms with Crippen molar-refractivity contribution in [3.8, 4) is 5.95 Å². The van der Waals surface area contributed by atoms with E-state index in [0.29, 0.717) is 11.0 Å². The number of hydrogen-bond donors (Lipinski definition) is 0. The molecule has 0 bridgehead atoms. The third kappa shape index (κ3) is 1.31. The van der Waals surface area contributed by atoms with Crippen LogP contribution < -0.4 is 0 Å². The summed E-state index contributed by atoms with van der Waals surface area (Å²) in [7, 11) is 0. The smallest absolute Gasteiger partial charge is 0.233 e. The Balaban J connectivity index is 2.45. The zero-order valence-electron chi connectivity index (χ0n) is 6.18. The van der Waals surface area contributed by atoms with Gasteiger partial charge in [-0.15, -0.1) is 0 Å². The lowest BCUT2D eigenvalue weighted by Crippen LogP contribution is -1.95. The van der Waals surface area contributed by atoms with Crippen molar-refractivity contribution in [2.45, 2.75) is 0 Å². The van der Waals surface area contributed by atoms with Gasteiger partial charge in [0.05, 0.1) is 5.02 Å². The fourth-order valence-electron chi connectivity index (χ4n) is 0.919. The van der Waals surface area contributed by atoms with E-state index in [9.17, 15) is 0 Å². The summed E-state index contributed by atoms with van der Waals surface area (Å²) in [5.74, 6) is 0.629. The Morgan fingerprint density at radius 2 is 2.00 bits per heavy atom. The van der Waals surface area contributed by atoms with Crippen LogP contribution in [-0.2, 0) is 0 Å². The van der Waals surface area contributed by atoms with Crippen molar-refractivity contribution >= 4 is 11.6 Å². The van der Waals surface area contributed by atoms with Gasteiger partial charge in [-0.1, -0.05) is 11.6 Å². The van der Waals surface area contributed by atoms with E-state index in [1.54, 1.807) is 35.3 Å². The van der Waals surface area contributed by atoms with E-state index in [4.69, 9.17) is 11.6 Å². The third-order valence-electron chi connectivity index (χ3n) is 1.44. The molecular formula is C8H6ClN3. The summed E-state index contributed by atoms with van der Waals surface area (Å²) >= 11 is 5.73. The van der Waals surface area contributed by atoms with E-state index in [1.165, 1.54) is 0 Å². The molecule has 0 saturated carbocycles. The Bertz CT molecular complexity index is 369. The van der Waals surface area contributed by atoms with Crippen molar-refractivity contribution in [3.63, 3.8) is 0 Å². The Morgan fingerprint density at radius 1 is 1.25 bits per heavy atom. The van der Waals surface area contributed by atoms with Crippen LogP contribution in [0.2, 0.25) is 5.02 Å². The molecule has 0 fully saturated rings. The average molecular weight is 180 g/mol. The maximum absolute atomic E-state index is 5.73. The van der Waals surface area contributed by atoms with Crippen LogP contribution in [0.15, 0.2) is 36.9 Å². The molecule has 0 aliphatic heterocycles. The van der Waals surface area contributed by atoms with Crippen molar-refractivity contribution in [3.05, 3.63) is 41.9 Å². The van der Waals surface area contributed by atoms with E-state index in [0.717, 1.165) is 0 Å². The third-order valence-corrected chi connectivity index (χ3v) is 1.66. The number of hydrogen-bond acceptors (Lipinski definition) is 2. The first-order valence-electron chi connectivity index (χ1n) is 3.47. The summed E-state index contributed by atoms with van der Waals surface area (Å²) in [5, 5.41) is 0.683. The zero-order valence-corrected chi connectivity index (χ0v) is 6.94. The van der Waals surface area contributed by atoms with Crippen LogP contribution in [0.25, 0.3) is 5.95 Å². The second kappa shape index (κ2) is 2.95. The van der Waals surface area contributed by atoms with Crippen molar-refractivity contribution < 1.29 is 0 Å². The quantitative estimate of drug-likeness (QED) is 0.670. The molecule has 0 aliphatic carbocycles. The molecule has 2 rings (SSSR count). The second-order valence-corrected chi connectivity index (χ2v) is 2.72. The number of nitrogens with zero attached hydrogens (tertiary/aromatic N) is 3. The van der Waals surface area contributed by atoms with Crippen molar-refractivity contribution in [2.24, 2.45) is 0 Å². The molecule has 0 atom stereocenters. The van der Waals surface area contributed by atoms with Crippen LogP contribution in [0.4, 0.5) is 0 Å². The summed E-state index contributed by atoms with van der Waals surface area (Å²) < 4.78 is 1.77. The summed E-state index contributed by atoms with van der Waals surface area (Å²) in [6.07, 6.45) is 6.96. The molecule has 0 amide bonds. The molecule has 3 nitrogen and oxygen atoms in total. The van der Waals surface area contributed by atoms with Crippen molar-refractivity contribution in [1.82, 2.24) is 14.5 Å². The van der Waals surface area contributed by atoms with Gasteiger partial charge in [-0.05, 0) is 12.1 Å². The van der Waals surface area contributed by atoms with Crippen molar-refractivity contribution in [2.75, 3.05) is 0 Å². The lowest BCUT2D eigenvalue weighted by molar-refractivity contribution is 0.935. The fourth-order valence-corrected chi connectivity index (χ4v) is 1.08. The Kier molecular flexibility index (Phi) is 1.80. The van der Waals surface area contributed by atoms with Gasteiger partial charge in [0.15, 0.2) is 0 Å². The van der Waals surface area contributed by atoms with E-state index in [1.807, 2.05) is 6.20 Å². The molecule has 2 aromatic rings. The number of aromatic nitrogens is 3. The summed E-state index contributed by atoms with van der Waals surface area (Å²) in [6.45, 7) is 0. The predicted octanol–water partition coefficient (Wildman–Crippen LogP) is 1.92. The lowest BCUT2D eigenvalue weighted by Gasteiger charge is -1.96. The summed E-state index contributed by atoms with van der Waals surface area (Å²) in [6, 6.07) is 3.56. The van der Waals surface area contributed by atoms with Gasteiger partial charge >= 0.3 is 0 Å². The molecule has 12 heavy (non-hydrogen) atoms. The number of rotatable bonds is 1. The highest BCUT2D eigenvalue weighted by molar-refractivity contribution is 6.30. The molecule has 2 heterocycles. The molecule has 0 spiro atoms. The Morgan fingerprint density at radius 3 is 2.58 bits per heavy atom. The fraction of sp³-hybridized carbons (Fsp3) is 0. The minimum absolute atomic E-state index is 0.629. The van der Waals surface area contributed by atoms with E-state index in [2.05, 4.69) is 9.97 Å². The first-order valence-corrected chi connectivity index (χ1v) is 3.85. The molecular weight excluding hydrogens is 174 g/mol. The maximum atomic E-state index is 5.73. The first kappa shape index (κ1) is 7.31. The van der Waals surface area contributed by atoms with Gasteiger partial charge in [-0.3, -0.25) is 4.57 Å². The van der Waals surface area contributed by atoms with E-state index < -0.39 is 0 Å². The largest absolute Gasteiger partial charge is 0.291 e. The molecule has 4 heteroatoms. The van der Waals surface area contributed by atoms with Crippen LogP contribution in [0.3, 0.4) is 0 Å². The van der Waals surface area contributed by atoms with Crippen molar-refractivity contribution in [1.29, 1.82) is 0 Å². The minimum Gasteiger partial charge on any atom is -0.291 e. The lowest BCUT2D eigenvalue weighted by atomic mass is 10.7. The van der Waals surface area contributed by atoms with Gasteiger partial charge in [-0.2, -0.15) is 0 Å². The highest BCUT2D eigenvalue weighted by atomic mass is 35.5. The van der Waals surface area contributed by atoms with Crippen LogP contribution >= 0.6 is 11.6 Å². The standard InChI is InChI=1S/C8H6ClN3/c9-7-2-5-12(6-7)8-10-3-1-4-11-8/h1-6H. The van der Waals surface area contributed by atoms with Gasteiger partial charge in [-0.25, -0.2) is 9.97 Å². The van der Waals surface area contributed by atoms with Crippen LogP contribution in [0, 0.1) is 0 Å². The molecule has 0 aromatic carbocycles. The maximum Gasteiger partial charge on any atom is 0.233 e. The van der Waals surface area contributed by atoms with Gasteiger partial charge in [0.25, 0.3) is 0 Å². The average Bonchev–Trinajstić information content (AvgIpc) is 2.54. The molecule has 60 valence electrons. The highest BCUT2D eigenvalue weighted by Crippen LogP contribution is 2.10. The molecule has 2 aromatic heterocycles. The van der Waals surface area contributed by atoms with E-state index in [-0.39, 0.29) is 0 Å². The molecule has 0 aliphatic rings. The molecule has 0 saturated heterocycles. The van der Waals surface area contributed by atoms with Crippen LogP contribution in [0.5, 0.6) is 0 Å². The van der Waals surface area contributed by atoms with Gasteiger partial charge in [0.2, 0.25) is 5.95 Å². The molecule has 0 N–H and O–H groups in total. The van der Waals surface area contributed by atoms with Gasteiger partial charge in [0.1, 0.15) is 0 Å². The van der Waals surface area contributed by atoms with Crippen LogP contribution in [0.1, 0.15) is 0 Å². The zero-order chi connectivity index (χ0) is 8.39. The normalized spacial score (nSPS) is 10.1. The second-order valence-electron chi connectivity index (χ2n) is 2.29. The topological polar surface area (TPSA) is 30.7 Å². The Hall–Kier alpha value is -1.35. The molecule has 0 unspecified atom stereocenters. The van der Waals surface area contributed by atoms with Gasteiger partial charge in [0, 0.05) is 24.8 Å². The van der Waals surface area contributed by atoms with Gasteiger partial charge < -0.3 is 0 Å². The Labute approximate surface area is 74.7 Å². The van der Waals surface area contributed by atoms with Crippen LogP contribution in [-0.4, -0.2) is 14.5 Å². The SMILES string of the molecule is Clc1ccn(-c2ncccn2)c1. The summed E-state index contributed by atoms with van der Waals surface area (Å²) in [5.41, 5.74) is 0. The molecule has 0 radical (unpaired) electrons. The monoisotopic (exact) mass is 179 g/mol. The minimum atomic E-state index is 0.629. The van der Waals surface area contributed by atoms with E-state index >= 15 is 0 Å². The summed E-state index contributed by atoms with van der Waals surface area (Å²) in [4.78, 5) is 8.11. The number of halogens is 1. The highest BCUT2D eigenvalue weighted by Gasteiger charge is 1.97.